The number of carbonyl (C=O) groups is 2. The predicted octanol–water partition coefficient (Wildman–Crippen LogP) is 3.04. The molecule has 1 saturated heterocycles. The van der Waals surface area contributed by atoms with Crippen LogP contribution in [0.4, 0.5) is 0 Å². The fraction of sp³-hybridized carbons (Fsp3) is 0.238. The Kier molecular flexibility index (Phi) is 4.54. The minimum Gasteiger partial charge on any atom is -0.497 e. The van der Waals surface area contributed by atoms with Crippen molar-refractivity contribution in [3.05, 3.63) is 65.9 Å². The predicted molar refractivity (Wildman–Crippen MR) is 101 cm³/mol. The molecule has 3 aromatic rings. The molecule has 2 heterocycles. The fourth-order valence-electron chi connectivity index (χ4n) is 3.27. The van der Waals surface area contributed by atoms with Gasteiger partial charge < -0.3 is 19.0 Å². The molecule has 0 aliphatic carbocycles. The van der Waals surface area contributed by atoms with Crippen molar-refractivity contribution in [1.29, 1.82) is 0 Å². The van der Waals surface area contributed by atoms with Crippen molar-refractivity contribution in [1.82, 2.24) is 9.80 Å². The molecule has 1 aliphatic rings. The van der Waals surface area contributed by atoms with Gasteiger partial charge in [-0.1, -0.05) is 18.2 Å². The van der Waals surface area contributed by atoms with Gasteiger partial charge in [-0.05, 0) is 36.4 Å². The highest BCUT2D eigenvalue weighted by atomic mass is 16.5. The summed E-state index contributed by atoms with van der Waals surface area (Å²) in [6.45, 7) is 1.96. The Labute approximate surface area is 156 Å². The van der Waals surface area contributed by atoms with Gasteiger partial charge in [0.15, 0.2) is 5.76 Å². The van der Waals surface area contributed by atoms with Crippen LogP contribution in [0.25, 0.3) is 11.0 Å². The Morgan fingerprint density at radius 1 is 0.889 bits per heavy atom. The summed E-state index contributed by atoms with van der Waals surface area (Å²) in [5, 5.41) is 0.911. The van der Waals surface area contributed by atoms with Crippen molar-refractivity contribution >= 4 is 22.8 Å². The summed E-state index contributed by atoms with van der Waals surface area (Å²) in [5.41, 5.74) is 1.32. The van der Waals surface area contributed by atoms with Crippen LogP contribution < -0.4 is 4.74 Å². The number of para-hydroxylation sites is 1. The van der Waals surface area contributed by atoms with Gasteiger partial charge in [-0.25, -0.2) is 0 Å². The Morgan fingerprint density at radius 3 is 2.15 bits per heavy atom. The third-order valence-electron chi connectivity index (χ3n) is 4.83. The van der Waals surface area contributed by atoms with E-state index >= 15 is 0 Å². The van der Waals surface area contributed by atoms with E-state index in [9.17, 15) is 9.59 Å². The number of rotatable bonds is 3. The van der Waals surface area contributed by atoms with E-state index in [-0.39, 0.29) is 11.8 Å². The van der Waals surface area contributed by atoms with Crippen molar-refractivity contribution in [2.45, 2.75) is 0 Å². The highest BCUT2D eigenvalue weighted by molar-refractivity contribution is 5.97. The van der Waals surface area contributed by atoms with E-state index in [1.807, 2.05) is 24.3 Å². The Bertz CT molecular complexity index is 936. The summed E-state index contributed by atoms with van der Waals surface area (Å²) >= 11 is 0. The molecular weight excluding hydrogens is 344 g/mol. The minimum absolute atomic E-state index is 0.0338. The number of piperazine rings is 1. The molecule has 0 bridgehead atoms. The topological polar surface area (TPSA) is 63.0 Å². The highest BCUT2D eigenvalue weighted by Gasteiger charge is 2.27. The van der Waals surface area contributed by atoms with E-state index in [4.69, 9.17) is 9.15 Å². The molecule has 1 aromatic heterocycles. The maximum Gasteiger partial charge on any atom is 0.289 e. The van der Waals surface area contributed by atoms with Crippen LogP contribution >= 0.6 is 0 Å². The summed E-state index contributed by atoms with van der Waals surface area (Å²) in [6, 6.07) is 16.4. The zero-order chi connectivity index (χ0) is 18.8. The van der Waals surface area contributed by atoms with Crippen LogP contribution in [0.5, 0.6) is 5.75 Å². The maximum atomic E-state index is 12.7. The molecule has 2 aromatic carbocycles. The number of methoxy groups -OCH3 is 1. The van der Waals surface area contributed by atoms with E-state index in [1.165, 1.54) is 0 Å². The molecule has 4 rings (SSSR count). The molecule has 27 heavy (non-hydrogen) atoms. The van der Waals surface area contributed by atoms with Gasteiger partial charge in [0.25, 0.3) is 11.8 Å². The lowest BCUT2D eigenvalue weighted by Crippen LogP contribution is -2.50. The average Bonchev–Trinajstić information content (AvgIpc) is 3.17. The third-order valence-corrected chi connectivity index (χ3v) is 4.83. The van der Waals surface area contributed by atoms with Crippen LogP contribution in [0, 0.1) is 0 Å². The van der Waals surface area contributed by atoms with Gasteiger partial charge in [0.05, 0.1) is 7.11 Å². The molecule has 1 aliphatic heterocycles. The van der Waals surface area contributed by atoms with Crippen molar-refractivity contribution in [2.75, 3.05) is 33.3 Å². The number of ether oxygens (including phenoxy) is 1. The van der Waals surface area contributed by atoms with Crippen LogP contribution in [0.15, 0.2) is 59.0 Å². The number of hydrogen-bond acceptors (Lipinski definition) is 4. The molecule has 138 valence electrons. The molecule has 0 unspecified atom stereocenters. The molecule has 1 fully saturated rings. The highest BCUT2D eigenvalue weighted by Crippen LogP contribution is 2.21. The first-order chi connectivity index (χ1) is 13.2. The molecule has 0 N–H and O–H groups in total. The largest absolute Gasteiger partial charge is 0.497 e. The van der Waals surface area contributed by atoms with E-state index in [1.54, 1.807) is 47.2 Å². The van der Waals surface area contributed by atoms with E-state index in [2.05, 4.69) is 0 Å². The van der Waals surface area contributed by atoms with E-state index in [0.717, 1.165) is 5.39 Å². The normalized spacial score (nSPS) is 14.4. The SMILES string of the molecule is COc1ccc(C(=O)N2CCN(C(=O)c3cc4ccccc4o3)CC2)cc1. The Morgan fingerprint density at radius 2 is 1.52 bits per heavy atom. The van der Waals surface area contributed by atoms with Gasteiger partial charge in [-0.3, -0.25) is 9.59 Å². The number of fused-ring (bicyclic) bond motifs is 1. The number of amides is 2. The van der Waals surface area contributed by atoms with Crippen molar-refractivity contribution in [3.63, 3.8) is 0 Å². The summed E-state index contributed by atoms with van der Waals surface area (Å²) < 4.78 is 10.8. The van der Waals surface area contributed by atoms with Gasteiger partial charge in [-0.2, -0.15) is 0 Å². The van der Waals surface area contributed by atoms with E-state index < -0.39 is 0 Å². The van der Waals surface area contributed by atoms with E-state index in [0.29, 0.717) is 48.8 Å². The molecule has 0 radical (unpaired) electrons. The van der Waals surface area contributed by atoms with Crippen LogP contribution in [-0.2, 0) is 0 Å². The molecule has 0 atom stereocenters. The number of hydrogen-bond donors (Lipinski definition) is 0. The third kappa shape index (κ3) is 3.38. The van der Waals surface area contributed by atoms with Crippen LogP contribution in [-0.4, -0.2) is 54.9 Å². The summed E-state index contributed by atoms with van der Waals surface area (Å²) in [7, 11) is 1.59. The molecular formula is C21H20N2O4. The number of benzene rings is 2. The van der Waals surface area contributed by atoms with Crippen molar-refractivity contribution < 1.29 is 18.7 Å². The monoisotopic (exact) mass is 364 g/mol. The standard InChI is InChI=1S/C21H20N2O4/c1-26-17-8-6-15(7-9-17)20(24)22-10-12-23(13-11-22)21(25)19-14-16-4-2-3-5-18(16)27-19/h2-9,14H,10-13H2,1H3. The van der Waals surface area contributed by atoms with Gasteiger partial charge in [0.2, 0.25) is 0 Å². The molecule has 6 nitrogen and oxygen atoms in total. The number of furan rings is 1. The number of carbonyl (C=O) groups excluding carboxylic acids is 2. The molecule has 0 spiro atoms. The second-order valence-corrected chi connectivity index (χ2v) is 6.46. The lowest BCUT2D eigenvalue weighted by atomic mass is 10.1. The van der Waals surface area contributed by atoms with Gasteiger partial charge in [0, 0.05) is 37.1 Å². The quantitative estimate of drug-likeness (QED) is 0.717. The van der Waals surface area contributed by atoms with Crippen molar-refractivity contribution in [2.24, 2.45) is 0 Å². The fourth-order valence-corrected chi connectivity index (χ4v) is 3.27. The molecule has 2 amide bonds. The van der Waals surface area contributed by atoms with Crippen LogP contribution in [0.3, 0.4) is 0 Å². The van der Waals surface area contributed by atoms with Gasteiger partial charge in [-0.15, -0.1) is 0 Å². The first-order valence-corrected chi connectivity index (χ1v) is 8.87. The maximum absolute atomic E-state index is 12.7. The lowest BCUT2D eigenvalue weighted by molar-refractivity contribution is 0.0519. The number of nitrogens with zero attached hydrogens (tertiary/aromatic N) is 2. The Balaban J connectivity index is 1.40. The smallest absolute Gasteiger partial charge is 0.289 e. The second-order valence-electron chi connectivity index (χ2n) is 6.46. The second kappa shape index (κ2) is 7.15. The first kappa shape index (κ1) is 17.1. The Hall–Kier alpha value is -3.28. The average molecular weight is 364 g/mol. The minimum atomic E-state index is -0.136. The van der Waals surface area contributed by atoms with Crippen molar-refractivity contribution in [3.8, 4) is 5.75 Å². The zero-order valence-corrected chi connectivity index (χ0v) is 15.1. The van der Waals surface area contributed by atoms with Crippen LogP contribution in [0.1, 0.15) is 20.9 Å². The van der Waals surface area contributed by atoms with Gasteiger partial charge >= 0.3 is 0 Å². The summed E-state index contributed by atoms with van der Waals surface area (Å²) in [4.78, 5) is 28.8. The summed E-state index contributed by atoms with van der Waals surface area (Å²) in [6.07, 6.45) is 0. The first-order valence-electron chi connectivity index (χ1n) is 8.87. The lowest BCUT2D eigenvalue weighted by Gasteiger charge is -2.34. The molecule has 6 heteroatoms. The van der Waals surface area contributed by atoms with Crippen LogP contribution in [0.2, 0.25) is 0 Å². The zero-order valence-electron chi connectivity index (χ0n) is 15.1. The molecule has 0 saturated carbocycles. The summed E-state index contributed by atoms with van der Waals surface area (Å²) in [5.74, 6) is 0.884. The van der Waals surface area contributed by atoms with Gasteiger partial charge in [0.1, 0.15) is 11.3 Å².